The Morgan fingerprint density at radius 1 is 0.810 bits per heavy atom. The first-order valence-corrected chi connectivity index (χ1v) is 9.52. The summed E-state index contributed by atoms with van der Waals surface area (Å²) < 4.78 is 0. The van der Waals surface area contributed by atoms with Gasteiger partial charge in [0, 0.05) is 38.8 Å². The molecule has 1 aliphatic carbocycles. The second-order valence-electron chi connectivity index (χ2n) is 7.61. The third-order valence-corrected chi connectivity index (χ3v) is 6.29. The van der Waals surface area contributed by atoms with Gasteiger partial charge in [-0.25, -0.2) is 0 Å². The maximum absolute atomic E-state index is 3.49. The highest BCUT2D eigenvalue weighted by atomic mass is 15.3. The van der Waals surface area contributed by atoms with Crippen LogP contribution in [0, 0.1) is 11.8 Å². The SMILES string of the molecule is CCC1CCC(CN2CCN(C3CCNCC3)CC2)CC1. The summed E-state index contributed by atoms with van der Waals surface area (Å²) in [5.41, 5.74) is 0. The quantitative estimate of drug-likeness (QED) is 0.859. The Morgan fingerprint density at radius 3 is 2.05 bits per heavy atom. The molecule has 0 bridgehead atoms. The molecule has 0 aromatic rings. The van der Waals surface area contributed by atoms with Crippen molar-refractivity contribution in [3.63, 3.8) is 0 Å². The first-order valence-electron chi connectivity index (χ1n) is 9.52. The van der Waals surface area contributed by atoms with Crippen LogP contribution in [0.25, 0.3) is 0 Å². The summed E-state index contributed by atoms with van der Waals surface area (Å²) in [6, 6.07) is 0.869. The average molecular weight is 293 g/mol. The lowest BCUT2D eigenvalue weighted by Gasteiger charge is -2.42. The van der Waals surface area contributed by atoms with Crippen LogP contribution in [-0.4, -0.2) is 61.7 Å². The van der Waals surface area contributed by atoms with Gasteiger partial charge in [-0.1, -0.05) is 26.2 Å². The molecule has 122 valence electrons. The molecule has 0 atom stereocenters. The van der Waals surface area contributed by atoms with Gasteiger partial charge < -0.3 is 10.2 Å². The minimum absolute atomic E-state index is 0.869. The number of hydrogen-bond acceptors (Lipinski definition) is 3. The van der Waals surface area contributed by atoms with Crippen molar-refractivity contribution in [2.24, 2.45) is 11.8 Å². The van der Waals surface area contributed by atoms with E-state index in [0.717, 1.165) is 17.9 Å². The van der Waals surface area contributed by atoms with Crippen LogP contribution >= 0.6 is 0 Å². The first-order chi connectivity index (χ1) is 10.3. The Morgan fingerprint density at radius 2 is 1.43 bits per heavy atom. The third-order valence-electron chi connectivity index (χ3n) is 6.29. The zero-order valence-corrected chi connectivity index (χ0v) is 14.0. The maximum Gasteiger partial charge on any atom is 0.0120 e. The van der Waals surface area contributed by atoms with Crippen LogP contribution in [0.2, 0.25) is 0 Å². The van der Waals surface area contributed by atoms with Gasteiger partial charge in [0.2, 0.25) is 0 Å². The van der Waals surface area contributed by atoms with Gasteiger partial charge in [0.05, 0.1) is 0 Å². The Balaban J connectivity index is 1.36. The standard InChI is InChI=1S/C18H35N3/c1-2-16-3-5-17(6-4-16)15-20-11-13-21(14-12-20)18-7-9-19-10-8-18/h16-19H,2-15H2,1H3. The number of hydrogen-bond donors (Lipinski definition) is 1. The Bertz CT molecular complexity index is 285. The molecule has 0 radical (unpaired) electrons. The van der Waals surface area contributed by atoms with Crippen molar-refractivity contribution in [1.29, 1.82) is 0 Å². The predicted octanol–water partition coefficient (Wildman–Crippen LogP) is 2.57. The van der Waals surface area contributed by atoms with Crippen molar-refractivity contribution in [1.82, 2.24) is 15.1 Å². The highest BCUT2D eigenvalue weighted by molar-refractivity contribution is 4.83. The van der Waals surface area contributed by atoms with Crippen molar-refractivity contribution in [3.05, 3.63) is 0 Å². The summed E-state index contributed by atoms with van der Waals surface area (Å²) in [4.78, 5) is 5.53. The number of rotatable bonds is 4. The normalized spacial score (nSPS) is 34.1. The fourth-order valence-electron chi connectivity index (χ4n) is 4.67. The summed E-state index contributed by atoms with van der Waals surface area (Å²) in [5, 5.41) is 3.49. The summed E-state index contributed by atoms with van der Waals surface area (Å²) in [6.07, 6.45) is 10.1. The highest BCUT2D eigenvalue weighted by Gasteiger charge is 2.27. The van der Waals surface area contributed by atoms with Crippen LogP contribution in [0.1, 0.15) is 51.9 Å². The molecule has 0 spiro atoms. The van der Waals surface area contributed by atoms with E-state index in [4.69, 9.17) is 0 Å². The van der Waals surface area contributed by atoms with E-state index in [-0.39, 0.29) is 0 Å². The largest absolute Gasteiger partial charge is 0.317 e. The lowest BCUT2D eigenvalue weighted by molar-refractivity contribution is 0.0672. The molecule has 1 saturated carbocycles. The van der Waals surface area contributed by atoms with Gasteiger partial charge in [-0.15, -0.1) is 0 Å². The molecule has 0 aromatic carbocycles. The fourth-order valence-corrected chi connectivity index (χ4v) is 4.67. The van der Waals surface area contributed by atoms with Crippen molar-refractivity contribution in [2.75, 3.05) is 45.8 Å². The monoisotopic (exact) mass is 293 g/mol. The van der Waals surface area contributed by atoms with Crippen molar-refractivity contribution in [2.45, 2.75) is 57.9 Å². The van der Waals surface area contributed by atoms with E-state index >= 15 is 0 Å². The molecule has 0 aromatic heterocycles. The van der Waals surface area contributed by atoms with E-state index in [9.17, 15) is 0 Å². The molecule has 2 heterocycles. The molecule has 3 aliphatic rings. The van der Waals surface area contributed by atoms with Gasteiger partial charge in [0.15, 0.2) is 0 Å². The van der Waals surface area contributed by atoms with Gasteiger partial charge >= 0.3 is 0 Å². The topological polar surface area (TPSA) is 18.5 Å². The summed E-state index contributed by atoms with van der Waals surface area (Å²) in [6.45, 7) is 11.5. The van der Waals surface area contributed by atoms with E-state index in [0.29, 0.717) is 0 Å². The van der Waals surface area contributed by atoms with Crippen molar-refractivity contribution < 1.29 is 0 Å². The highest BCUT2D eigenvalue weighted by Crippen LogP contribution is 2.31. The van der Waals surface area contributed by atoms with Crippen LogP contribution in [0.5, 0.6) is 0 Å². The smallest absolute Gasteiger partial charge is 0.0120 e. The summed E-state index contributed by atoms with van der Waals surface area (Å²) in [7, 11) is 0. The molecule has 3 fully saturated rings. The lowest BCUT2D eigenvalue weighted by atomic mass is 9.80. The van der Waals surface area contributed by atoms with Gasteiger partial charge in [-0.05, 0) is 50.6 Å². The van der Waals surface area contributed by atoms with Crippen LogP contribution in [-0.2, 0) is 0 Å². The number of nitrogens with one attached hydrogen (secondary N) is 1. The van der Waals surface area contributed by atoms with E-state index < -0.39 is 0 Å². The molecule has 2 saturated heterocycles. The zero-order chi connectivity index (χ0) is 14.5. The molecule has 21 heavy (non-hydrogen) atoms. The van der Waals surface area contributed by atoms with Crippen LogP contribution in [0.3, 0.4) is 0 Å². The number of nitrogens with zero attached hydrogens (tertiary/aromatic N) is 2. The van der Waals surface area contributed by atoms with Crippen molar-refractivity contribution >= 4 is 0 Å². The van der Waals surface area contributed by atoms with Gasteiger partial charge in [-0.3, -0.25) is 4.90 Å². The maximum atomic E-state index is 3.49. The second-order valence-corrected chi connectivity index (χ2v) is 7.61. The summed E-state index contributed by atoms with van der Waals surface area (Å²) in [5.74, 6) is 2.04. The Hall–Kier alpha value is -0.120. The second kappa shape index (κ2) is 7.94. The first kappa shape index (κ1) is 15.8. The van der Waals surface area contributed by atoms with E-state index in [1.54, 1.807) is 0 Å². The van der Waals surface area contributed by atoms with E-state index in [1.165, 1.54) is 90.8 Å². The Labute approximate surface area is 131 Å². The minimum Gasteiger partial charge on any atom is -0.317 e. The molecule has 0 unspecified atom stereocenters. The van der Waals surface area contributed by atoms with Gasteiger partial charge in [-0.2, -0.15) is 0 Å². The predicted molar refractivity (Wildman–Crippen MR) is 89.6 cm³/mol. The van der Waals surface area contributed by atoms with Crippen LogP contribution in [0.4, 0.5) is 0 Å². The molecule has 3 nitrogen and oxygen atoms in total. The van der Waals surface area contributed by atoms with E-state index in [1.807, 2.05) is 0 Å². The van der Waals surface area contributed by atoms with Crippen LogP contribution < -0.4 is 5.32 Å². The fraction of sp³-hybridized carbons (Fsp3) is 1.00. The molecule has 1 N–H and O–H groups in total. The van der Waals surface area contributed by atoms with Crippen molar-refractivity contribution in [3.8, 4) is 0 Å². The zero-order valence-electron chi connectivity index (χ0n) is 14.0. The molecular formula is C18H35N3. The molecule has 3 rings (SSSR count). The van der Waals surface area contributed by atoms with Gasteiger partial charge in [0.1, 0.15) is 0 Å². The summed E-state index contributed by atoms with van der Waals surface area (Å²) >= 11 is 0. The molecule has 3 heteroatoms. The Kier molecular flexibility index (Phi) is 5.96. The number of piperazine rings is 1. The van der Waals surface area contributed by atoms with E-state index in [2.05, 4.69) is 22.0 Å². The minimum atomic E-state index is 0.869. The van der Waals surface area contributed by atoms with Crippen LogP contribution in [0.15, 0.2) is 0 Å². The average Bonchev–Trinajstić information content (AvgIpc) is 2.57. The lowest BCUT2D eigenvalue weighted by Crippen LogP contribution is -2.53. The third kappa shape index (κ3) is 4.43. The molecule has 0 amide bonds. The molecule has 2 aliphatic heterocycles. The molecular weight excluding hydrogens is 258 g/mol. The van der Waals surface area contributed by atoms with Gasteiger partial charge in [0.25, 0.3) is 0 Å². The number of piperidine rings is 1.